The third-order valence-electron chi connectivity index (χ3n) is 6.92. The smallest absolute Gasteiger partial charge is 0.142 e. The van der Waals surface area contributed by atoms with E-state index in [-0.39, 0.29) is 0 Å². The van der Waals surface area contributed by atoms with E-state index in [0.717, 1.165) is 60.9 Å². The largest absolute Gasteiger partial charge is 0.456 e. The molecule has 0 aliphatic heterocycles. The van der Waals surface area contributed by atoms with Gasteiger partial charge in [0.05, 0.1) is 0 Å². The number of hydrogen-bond acceptors (Lipinski definition) is 2. The van der Waals surface area contributed by atoms with Gasteiger partial charge in [0.25, 0.3) is 0 Å². The third-order valence-corrected chi connectivity index (χ3v) is 6.92. The fraction of sp³-hybridized carbons (Fsp3) is 0.0323. The lowest BCUT2D eigenvalue weighted by Gasteiger charge is -2.29. The number of aliphatic hydroxyl groups is 1. The summed E-state index contributed by atoms with van der Waals surface area (Å²) >= 11 is 0. The first-order valence-corrected chi connectivity index (χ1v) is 11.2. The van der Waals surface area contributed by atoms with Gasteiger partial charge < -0.3 is 9.52 Å². The minimum absolute atomic E-state index is 0.790. The van der Waals surface area contributed by atoms with Crippen molar-refractivity contribution in [3.8, 4) is 22.3 Å². The van der Waals surface area contributed by atoms with E-state index in [9.17, 15) is 5.11 Å². The highest BCUT2D eigenvalue weighted by Gasteiger charge is 2.44. The molecule has 0 saturated heterocycles. The molecule has 1 aliphatic carbocycles. The summed E-state index contributed by atoms with van der Waals surface area (Å²) in [5, 5.41) is 14.8. The Morgan fingerprint density at radius 3 is 1.94 bits per heavy atom. The lowest BCUT2D eigenvalue weighted by Crippen LogP contribution is -2.27. The van der Waals surface area contributed by atoms with Gasteiger partial charge in [0.15, 0.2) is 0 Å². The van der Waals surface area contributed by atoms with Crippen molar-refractivity contribution in [3.63, 3.8) is 0 Å². The van der Waals surface area contributed by atoms with Crippen molar-refractivity contribution in [2.45, 2.75) is 5.60 Å². The monoisotopic (exact) mass is 424 g/mol. The summed E-state index contributed by atoms with van der Waals surface area (Å²) in [5.41, 5.74) is 7.21. The van der Waals surface area contributed by atoms with Crippen LogP contribution in [-0.2, 0) is 5.60 Å². The van der Waals surface area contributed by atoms with Crippen LogP contribution in [0.15, 0.2) is 120 Å². The van der Waals surface area contributed by atoms with Gasteiger partial charge in [-0.15, -0.1) is 0 Å². The van der Waals surface area contributed by atoms with E-state index in [4.69, 9.17) is 4.42 Å². The molecule has 1 heterocycles. The highest BCUT2D eigenvalue weighted by Crippen LogP contribution is 2.54. The van der Waals surface area contributed by atoms with Crippen LogP contribution in [0, 0.1) is 0 Å². The third kappa shape index (κ3) is 2.47. The maximum Gasteiger partial charge on any atom is 0.142 e. The molecule has 0 saturated carbocycles. The Labute approximate surface area is 191 Å². The van der Waals surface area contributed by atoms with Gasteiger partial charge in [0.2, 0.25) is 0 Å². The molecule has 1 aromatic heterocycles. The average molecular weight is 424 g/mol. The van der Waals surface area contributed by atoms with Crippen molar-refractivity contribution < 1.29 is 9.52 Å². The summed E-state index contributed by atoms with van der Waals surface area (Å²) < 4.78 is 6.21. The van der Waals surface area contributed by atoms with Crippen LogP contribution in [0.3, 0.4) is 0 Å². The van der Waals surface area contributed by atoms with Gasteiger partial charge in [-0.05, 0) is 40.5 Å². The van der Waals surface area contributed by atoms with Crippen molar-refractivity contribution in [1.82, 2.24) is 0 Å². The number of hydrogen-bond donors (Lipinski definition) is 1. The first kappa shape index (κ1) is 18.4. The van der Waals surface area contributed by atoms with Crippen LogP contribution >= 0.6 is 0 Å². The minimum atomic E-state index is -1.29. The molecule has 0 spiro atoms. The van der Waals surface area contributed by atoms with Crippen LogP contribution in [0.4, 0.5) is 0 Å². The summed E-state index contributed by atoms with van der Waals surface area (Å²) in [5.74, 6) is 0. The van der Waals surface area contributed by atoms with Crippen molar-refractivity contribution in [1.29, 1.82) is 0 Å². The normalized spacial score (nSPS) is 16.8. The highest BCUT2D eigenvalue weighted by molar-refractivity contribution is 6.08. The molecule has 1 atom stereocenters. The Bertz CT molecular complexity index is 1680. The number of para-hydroxylation sites is 1. The molecule has 0 bridgehead atoms. The first-order chi connectivity index (χ1) is 16.2. The van der Waals surface area contributed by atoms with Crippen LogP contribution in [-0.4, -0.2) is 5.11 Å². The average Bonchev–Trinajstić information content (AvgIpc) is 3.37. The SMILES string of the molecule is OC1(c2ccccc2-c2ccccc2)c2ccccc2-c2cc3c(cc21)oc1ccccc13. The van der Waals surface area contributed by atoms with E-state index >= 15 is 0 Å². The molecule has 2 heteroatoms. The summed E-state index contributed by atoms with van der Waals surface area (Å²) in [6, 6.07) is 38.9. The van der Waals surface area contributed by atoms with Crippen LogP contribution in [0.5, 0.6) is 0 Å². The Hall–Kier alpha value is -4.14. The number of benzene rings is 5. The molecular formula is C31H20O2. The molecule has 5 aromatic carbocycles. The topological polar surface area (TPSA) is 33.4 Å². The van der Waals surface area contributed by atoms with Crippen LogP contribution < -0.4 is 0 Å². The van der Waals surface area contributed by atoms with Crippen LogP contribution in [0.1, 0.15) is 16.7 Å². The molecule has 1 N–H and O–H groups in total. The Morgan fingerprint density at radius 1 is 0.485 bits per heavy atom. The highest BCUT2D eigenvalue weighted by atomic mass is 16.3. The predicted molar refractivity (Wildman–Crippen MR) is 133 cm³/mol. The van der Waals surface area contributed by atoms with Crippen molar-refractivity contribution >= 4 is 21.9 Å². The Kier molecular flexibility index (Phi) is 3.73. The van der Waals surface area contributed by atoms with Gasteiger partial charge in [0, 0.05) is 27.5 Å². The van der Waals surface area contributed by atoms with Gasteiger partial charge in [0.1, 0.15) is 16.8 Å². The predicted octanol–water partition coefficient (Wildman–Crippen LogP) is 7.52. The molecule has 0 radical (unpaired) electrons. The zero-order valence-corrected chi connectivity index (χ0v) is 17.8. The van der Waals surface area contributed by atoms with Gasteiger partial charge in [-0.2, -0.15) is 0 Å². The second-order valence-corrected chi connectivity index (χ2v) is 8.66. The van der Waals surface area contributed by atoms with Crippen molar-refractivity contribution in [2.75, 3.05) is 0 Å². The van der Waals surface area contributed by atoms with Gasteiger partial charge in [-0.1, -0.05) is 97.1 Å². The quantitative estimate of drug-likeness (QED) is 0.312. The molecule has 0 amide bonds. The van der Waals surface area contributed by atoms with E-state index in [1.54, 1.807) is 0 Å². The second-order valence-electron chi connectivity index (χ2n) is 8.66. The van der Waals surface area contributed by atoms with Crippen molar-refractivity contribution in [2.24, 2.45) is 0 Å². The molecule has 33 heavy (non-hydrogen) atoms. The summed E-state index contributed by atoms with van der Waals surface area (Å²) in [7, 11) is 0. The van der Waals surface area contributed by atoms with E-state index in [0.29, 0.717) is 0 Å². The molecule has 7 rings (SSSR count). The number of furan rings is 1. The minimum Gasteiger partial charge on any atom is -0.456 e. The van der Waals surface area contributed by atoms with E-state index < -0.39 is 5.60 Å². The molecular weight excluding hydrogens is 404 g/mol. The van der Waals surface area contributed by atoms with Crippen molar-refractivity contribution in [3.05, 3.63) is 132 Å². The zero-order valence-electron chi connectivity index (χ0n) is 17.8. The van der Waals surface area contributed by atoms with Crippen LogP contribution in [0.2, 0.25) is 0 Å². The van der Waals surface area contributed by atoms with Gasteiger partial charge >= 0.3 is 0 Å². The van der Waals surface area contributed by atoms with Gasteiger partial charge in [-0.25, -0.2) is 0 Å². The fourth-order valence-corrected chi connectivity index (χ4v) is 5.43. The molecule has 6 aromatic rings. The lowest BCUT2D eigenvalue weighted by molar-refractivity contribution is 0.131. The molecule has 0 fully saturated rings. The Balaban J connectivity index is 1.58. The van der Waals surface area contributed by atoms with E-state index in [1.807, 2.05) is 78.9 Å². The Morgan fingerprint density at radius 2 is 1.12 bits per heavy atom. The van der Waals surface area contributed by atoms with Crippen LogP contribution in [0.25, 0.3) is 44.2 Å². The summed E-state index contributed by atoms with van der Waals surface area (Å²) in [4.78, 5) is 0. The van der Waals surface area contributed by atoms with E-state index in [1.165, 1.54) is 0 Å². The molecule has 1 aliphatic rings. The molecule has 156 valence electrons. The number of fused-ring (bicyclic) bond motifs is 6. The maximum atomic E-state index is 12.6. The molecule has 2 nitrogen and oxygen atoms in total. The fourth-order valence-electron chi connectivity index (χ4n) is 5.43. The lowest BCUT2D eigenvalue weighted by atomic mass is 9.80. The zero-order chi connectivity index (χ0) is 22.0. The van der Waals surface area contributed by atoms with Gasteiger partial charge in [-0.3, -0.25) is 0 Å². The second kappa shape index (κ2) is 6.68. The first-order valence-electron chi connectivity index (χ1n) is 11.2. The molecule has 1 unspecified atom stereocenters. The summed E-state index contributed by atoms with van der Waals surface area (Å²) in [6.07, 6.45) is 0. The summed E-state index contributed by atoms with van der Waals surface area (Å²) in [6.45, 7) is 0. The van der Waals surface area contributed by atoms with E-state index in [2.05, 4.69) is 36.4 Å². The maximum absolute atomic E-state index is 12.6. The standard InChI is InChI=1S/C31H20O2/c32-31(26-15-7-4-12-21(26)20-10-2-1-3-11-20)27-16-8-5-13-22(27)24-18-25-23-14-6-9-17-29(23)33-30(25)19-28(24)31/h1-19,32H. The number of rotatable bonds is 2.